The Balaban J connectivity index is 2.58. The second-order valence-corrected chi connectivity index (χ2v) is 4.24. The first-order valence-corrected chi connectivity index (χ1v) is 6.10. The number of ketones is 1. The maximum absolute atomic E-state index is 12.0. The fraction of sp³-hybridized carbons (Fsp3) is 0.500. The molecule has 94 valence electrons. The quantitative estimate of drug-likeness (QED) is 0.734. The van der Waals surface area contributed by atoms with Crippen molar-refractivity contribution >= 4 is 5.78 Å². The van der Waals surface area contributed by atoms with Crippen molar-refractivity contribution in [3.05, 3.63) is 35.4 Å². The molecule has 0 aliphatic heterocycles. The molecule has 0 radical (unpaired) electrons. The van der Waals surface area contributed by atoms with Crippen LogP contribution in [-0.2, 0) is 0 Å². The second-order valence-electron chi connectivity index (χ2n) is 4.24. The second kappa shape index (κ2) is 7.20. The summed E-state index contributed by atoms with van der Waals surface area (Å²) < 4.78 is 0. The lowest BCUT2D eigenvalue weighted by atomic mass is 10.1. The molecule has 3 nitrogen and oxygen atoms in total. The molecule has 1 aromatic rings. The molecule has 1 rings (SSSR count). The van der Waals surface area contributed by atoms with Gasteiger partial charge in [0, 0.05) is 18.7 Å². The van der Waals surface area contributed by atoms with Crippen LogP contribution in [0.5, 0.6) is 0 Å². The molecule has 0 fully saturated rings. The zero-order valence-electron chi connectivity index (χ0n) is 10.6. The normalized spacial score (nSPS) is 10.8. The van der Waals surface area contributed by atoms with E-state index >= 15 is 0 Å². The van der Waals surface area contributed by atoms with Gasteiger partial charge in [0.05, 0.1) is 6.54 Å². The number of aliphatic hydroxyl groups excluding tert-OH is 1. The van der Waals surface area contributed by atoms with Crippen molar-refractivity contribution in [1.29, 1.82) is 0 Å². The minimum atomic E-state index is 0.147. The molecule has 3 heteroatoms. The van der Waals surface area contributed by atoms with Crippen molar-refractivity contribution in [3.8, 4) is 0 Å². The number of carbonyl (C=O) groups is 1. The van der Waals surface area contributed by atoms with Gasteiger partial charge in [0.15, 0.2) is 5.78 Å². The largest absolute Gasteiger partial charge is 0.396 e. The van der Waals surface area contributed by atoms with Crippen LogP contribution < -0.4 is 0 Å². The Morgan fingerprint density at radius 1 is 1.41 bits per heavy atom. The standard InChI is InChI=1S/C14H21NO2/c1-3-15(8-5-9-16)11-14(17)13-7-4-6-12(2)10-13/h4,6-7,10,16H,3,5,8-9,11H2,1-2H3. The predicted molar refractivity (Wildman–Crippen MR) is 69.3 cm³/mol. The van der Waals surface area contributed by atoms with E-state index in [2.05, 4.69) is 4.90 Å². The van der Waals surface area contributed by atoms with Gasteiger partial charge in [-0.15, -0.1) is 0 Å². The average molecular weight is 235 g/mol. The third-order valence-corrected chi connectivity index (χ3v) is 2.79. The van der Waals surface area contributed by atoms with Gasteiger partial charge >= 0.3 is 0 Å². The van der Waals surface area contributed by atoms with Crippen LogP contribution in [0, 0.1) is 6.92 Å². The molecule has 0 saturated carbocycles. The number of hydrogen-bond acceptors (Lipinski definition) is 3. The summed E-state index contributed by atoms with van der Waals surface area (Å²) in [4.78, 5) is 14.1. The molecule has 1 N–H and O–H groups in total. The van der Waals surface area contributed by atoms with E-state index in [1.165, 1.54) is 0 Å². The molecule has 0 amide bonds. The van der Waals surface area contributed by atoms with Gasteiger partial charge in [0.25, 0.3) is 0 Å². The van der Waals surface area contributed by atoms with Crippen LogP contribution in [0.25, 0.3) is 0 Å². The van der Waals surface area contributed by atoms with Gasteiger partial charge in [0.1, 0.15) is 0 Å². The first kappa shape index (κ1) is 13.9. The zero-order chi connectivity index (χ0) is 12.7. The topological polar surface area (TPSA) is 40.5 Å². The van der Waals surface area contributed by atoms with Gasteiger partial charge in [-0.3, -0.25) is 9.69 Å². The minimum absolute atomic E-state index is 0.147. The third kappa shape index (κ3) is 4.67. The van der Waals surface area contributed by atoms with Crippen LogP contribution in [0.4, 0.5) is 0 Å². The van der Waals surface area contributed by atoms with Crippen molar-refractivity contribution in [2.75, 3.05) is 26.2 Å². The van der Waals surface area contributed by atoms with Gasteiger partial charge in [-0.2, -0.15) is 0 Å². The Morgan fingerprint density at radius 3 is 2.76 bits per heavy atom. The smallest absolute Gasteiger partial charge is 0.176 e. The molecule has 17 heavy (non-hydrogen) atoms. The highest BCUT2D eigenvalue weighted by atomic mass is 16.3. The molecule has 0 bridgehead atoms. The lowest BCUT2D eigenvalue weighted by molar-refractivity contribution is 0.0928. The van der Waals surface area contributed by atoms with Crippen molar-refractivity contribution in [3.63, 3.8) is 0 Å². The summed E-state index contributed by atoms with van der Waals surface area (Å²) in [5.41, 5.74) is 1.88. The fourth-order valence-electron chi connectivity index (χ4n) is 1.76. The van der Waals surface area contributed by atoms with Crippen molar-refractivity contribution in [1.82, 2.24) is 4.90 Å². The predicted octanol–water partition coefficient (Wildman–Crippen LogP) is 1.88. The van der Waals surface area contributed by atoms with Crippen LogP contribution in [-0.4, -0.2) is 42.0 Å². The molecule has 1 aromatic carbocycles. The Hall–Kier alpha value is -1.19. The van der Waals surface area contributed by atoms with E-state index in [0.717, 1.165) is 30.6 Å². The number of nitrogens with zero attached hydrogens (tertiary/aromatic N) is 1. The van der Waals surface area contributed by atoms with Crippen LogP contribution in [0.3, 0.4) is 0 Å². The summed E-state index contributed by atoms with van der Waals surface area (Å²) in [5, 5.41) is 8.79. The van der Waals surface area contributed by atoms with Gasteiger partial charge in [-0.05, 0) is 26.0 Å². The molecule has 0 aromatic heterocycles. The lowest BCUT2D eigenvalue weighted by Crippen LogP contribution is -2.31. The average Bonchev–Trinajstić information content (AvgIpc) is 2.34. The van der Waals surface area contributed by atoms with E-state index in [1.807, 2.05) is 38.1 Å². The number of aryl methyl sites for hydroxylation is 1. The van der Waals surface area contributed by atoms with Gasteiger partial charge in [-0.1, -0.05) is 30.7 Å². The monoisotopic (exact) mass is 235 g/mol. The zero-order valence-corrected chi connectivity index (χ0v) is 10.6. The van der Waals surface area contributed by atoms with Crippen molar-refractivity contribution < 1.29 is 9.90 Å². The van der Waals surface area contributed by atoms with Crippen molar-refractivity contribution in [2.45, 2.75) is 20.3 Å². The molecule has 0 aliphatic carbocycles. The van der Waals surface area contributed by atoms with E-state index in [1.54, 1.807) is 0 Å². The molecule has 0 atom stereocenters. The Kier molecular flexibility index (Phi) is 5.87. The highest BCUT2D eigenvalue weighted by molar-refractivity contribution is 5.97. The summed E-state index contributed by atoms with van der Waals surface area (Å²) in [6.45, 7) is 6.22. The number of carbonyl (C=O) groups excluding carboxylic acids is 1. The Morgan fingerprint density at radius 2 is 2.18 bits per heavy atom. The van der Waals surface area contributed by atoms with Crippen LogP contribution >= 0.6 is 0 Å². The highest BCUT2D eigenvalue weighted by Crippen LogP contribution is 2.06. The number of benzene rings is 1. The molecule has 0 spiro atoms. The summed E-state index contributed by atoms with van der Waals surface area (Å²) in [6.07, 6.45) is 0.717. The Bertz CT molecular complexity index is 363. The minimum Gasteiger partial charge on any atom is -0.396 e. The lowest BCUT2D eigenvalue weighted by Gasteiger charge is -2.18. The summed E-state index contributed by atoms with van der Waals surface area (Å²) in [6, 6.07) is 7.67. The first-order chi connectivity index (χ1) is 8.17. The molecule has 0 unspecified atom stereocenters. The van der Waals surface area contributed by atoms with Crippen LogP contribution in [0.15, 0.2) is 24.3 Å². The van der Waals surface area contributed by atoms with E-state index in [4.69, 9.17) is 5.11 Å². The van der Waals surface area contributed by atoms with Crippen molar-refractivity contribution in [2.24, 2.45) is 0 Å². The number of aliphatic hydroxyl groups is 1. The van der Waals surface area contributed by atoms with Gasteiger partial charge < -0.3 is 5.11 Å². The maximum atomic E-state index is 12.0. The van der Waals surface area contributed by atoms with E-state index in [-0.39, 0.29) is 12.4 Å². The third-order valence-electron chi connectivity index (χ3n) is 2.79. The number of Topliss-reactive ketones (excluding diaryl/α,β-unsaturated/α-hetero) is 1. The molecule has 0 heterocycles. The first-order valence-electron chi connectivity index (χ1n) is 6.10. The van der Waals surface area contributed by atoms with E-state index in [9.17, 15) is 4.79 Å². The number of rotatable bonds is 7. The molecular formula is C14H21NO2. The van der Waals surface area contributed by atoms with Crippen LogP contribution in [0.1, 0.15) is 29.3 Å². The molecular weight excluding hydrogens is 214 g/mol. The molecule has 0 saturated heterocycles. The molecule has 0 aliphatic rings. The highest BCUT2D eigenvalue weighted by Gasteiger charge is 2.10. The number of hydrogen-bond donors (Lipinski definition) is 1. The number of likely N-dealkylation sites (N-methyl/N-ethyl adjacent to an activating group) is 1. The maximum Gasteiger partial charge on any atom is 0.176 e. The summed E-state index contributed by atoms with van der Waals surface area (Å²) in [5.74, 6) is 0.147. The van der Waals surface area contributed by atoms with E-state index < -0.39 is 0 Å². The fourth-order valence-corrected chi connectivity index (χ4v) is 1.76. The summed E-state index contributed by atoms with van der Waals surface area (Å²) >= 11 is 0. The Labute approximate surface area is 103 Å². The van der Waals surface area contributed by atoms with Crippen LogP contribution in [0.2, 0.25) is 0 Å². The van der Waals surface area contributed by atoms with E-state index in [0.29, 0.717) is 6.54 Å². The summed E-state index contributed by atoms with van der Waals surface area (Å²) in [7, 11) is 0. The van der Waals surface area contributed by atoms with Gasteiger partial charge in [-0.25, -0.2) is 0 Å². The SMILES string of the molecule is CCN(CCCO)CC(=O)c1cccc(C)c1. The van der Waals surface area contributed by atoms with Gasteiger partial charge in [0.2, 0.25) is 0 Å².